The summed E-state index contributed by atoms with van der Waals surface area (Å²) < 4.78 is 4.82. The number of aromatic amines is 1. The Bertz CT molecular complexity index is 414. The Hall–Kier alpha value is -1.00. The van der Waals surface area contributed by atoms with Gasteiger partial charge in [0.1, 0.15) is 5.02 Å². The Labute approximate surface area is 89.8 Å². The molecule has 4 nitrogen and oxygen atoms in total. The molecule has 0 fully saturated rings. The Morgan fingerprint density at radius 2 is 2.29 bits per heavy atom. The van der Waals surface area contributed by atoms with Crippen LogP contribution in [0.1, 0.15) is 5.69 Å². The molecule has 0 amide bonds. The molecule has 0 spiro atoms. The summed E-state index contributed by atoms with van der Waals surface area (Å²) in [5, 5.41) is -0.634. The lowest BCUT2D eigenvalue weighted by Gasteiger charge is -2.03. The third kappa shape index (κ3) is 2.49. The molecule has 1 aromatic heterocycles. The molecule has 0 saturated heterocycles. The highest BCUT2D eigenvalue weighted by Gasteiger charge is 2.08. The molecule has 76 valence electrons. The van der Waals surface area contributed by atoms with Crippen LogP contribution in [0.2, 0.25) is 5.02 Å². The van der Waals surface area contributed by atoms with Crippen molar-refractivity contribution in [2.24, 2.45) is 0 Å². The van der Waals surface area contributed by atoms with Crippen molar-refractivity contribution in [2.75, 3.05) is 6.61 Å². The molecule has 0 radical (unpaired) electrons. The smallest absolute Gasteiger partial charge is 0.259 e. The van der Waals surface area contributed by atoms with E-state index >= 15 is 0 Å². The highest BCUT2D eigenvalue weighted by Crippen LogP contribution is 2.11. The Balaban J connectivity index is 2.95. The third-order valence-electron chi connectivity index (χ3n) is 1.51. The van der Waals surface area contributed by atoms with Crippen LogP contribution in [0, 0.1) is 6.92 Å². The highest BCUT2D eigenvalue weighted by atomic mass is 35.5. The average molecular weight is 236 g/mol. The number of nitrogens with one attached hydrogen (secondary N) is 1. The molecule has 0 saturated carbocycles. The number of aryl methyl sites for hydroxylation is 1. The lowest BCUT2D eigenvalue weighted by atomic mass is 10.3. The number of carbonyl (C=O) groups is 1. The van der Waals surface area contributed by atoms with E-state index in [1.54, 1.807) is 6.92 Å². The second-order valence-electron chi connectivity index (χ2n) is 2.56. The van der Waals surface area contributed by atoms with Gasteiger partial charge in [-0.1, -0.05) is 11.6 Å². The Morgan fingerprint density at radius 3 is 2.86 bits per heavy atom. The molecule has 0 bridgehead atoms. The standard InChI is InChI=1S/C8H7Cl2NO3/c1-4-7(10)8(13)5(2-11-4)14-3-6(9)12/h2H,3H2,1H3,(H,11,13). The van der Waals surface area contributed by atoms with Crippen LogP contribution in [0.3, 0.4) is 0 Å². The van der Waals surface area contributed by atoms with Gasteiger partial charge in [-0.05, 0) is 18.5 Å². The first-order valence-corrected chi connectivity index (χ1v) is 4.47. The van der Waals surface area contributed by atoms with Gasteiger partial charge in [0.25, 0.3) is 5.24 Å². The number of hydrogen-bond acceptors (Lipinski definition) is 3. The van der Waals surface area contributed by atoms with E-state index in [4.69, 9.17) is 27.9 Å². The maximum absolute atomic E-state index is 11.4. The van der Waals surface area contributed by atoms with Gasteiger partial charge in [-0.15, -0.1) is 0 Å². The van der Waals surface area contributed by atoms with E-state index in [2.05, 4.69) is 4.98 Å². The molecule has 6 heteroatoms. The number of pyridine rings is 1. The van der Waals surface area contributed by atoms with Crippen molar-refractivity contribution >= 4 is 28.4 Å². The van der Waals surface area contributed by atoms with Gasteiger partial charge in [-0.2, -0.15) is 0 Å². The van der Waals surface area contributed by atoms with Gasteiger partial charge in [0, 0.05) is 11.9 Å². The minimum absolute atomic E-state index is 0.0189. The number of carbonyl (C=O) groups excluding carboxylic acids is 1. The number of ether oxygens (including phenoxy) is 1. The highest BCUT2D eigenvalue weighted by molar-refractivity contribution is 6.63. The lowest BCUT2D eigenvalue weighted by Crippen LogP contribution is -2.14. The van der Waals surface area contributed by atoms with E-state index < -0.39 is 10.7 Å². The van der Waals surface area contributed by atoms with Crippen LogP contribution >= 0.6 is 23.2 Å². The monoisotopic (exact) mass is 235 g/mol. The summed E-state index contributed by atoms with van der Waals surface area (Å²) in [6, 6.07) is 0. The first-order chi connectivity index (χ1) is 6.52. The predicted molar refractivity (Wildman–Crippen MR) is 53.2 cm³/mol. The predicted octanol–water partition coefficient (Wildman–Crippen LogP) is 1.48. The van der Waals surface area contributed by atoms with Crippen molar-refractivity contribution in [1.29, 1.82) is 0 Å². The summed E-state index contributed by atoms with van der Waals surface area (Å²) in [4.78, 5) is 24.5. The zero-order chi connectivity index (χ0) is 10.7. The fourth-order valence-corrected chi connectivity index (χ4v) is 1.03. The van der Waals surface area contributed by atoms with E-state index in [0.717, 1.165) is 0 Å². The molecule has 0 aliphatic heterocycles. The van der Waals surface area contributed by atoms with Crippen LogP contribution in [0.4, 0.5) is 0 Å². The minimum Gasteiger partial charge on any atom is -0.479 e. The molecule has 1 heterocycles. The maximum Gasteiger partial charge on any atom is 0.259 e. The van der Waals surface area contributed by atoms with Crippen molar-refractivity contribution in [3.63, 3.8) is 0 Å². The topological polar surface area (TPSA) is 59.2 Å². The van der Waals surface area contributed by atoms with Crippen molar-refractivity contribution < 1.29 is 9.53 Å². The van der Waals surface area contributed by atoms with Gasteiger partial charge >= 0.3 is 0 Å². The second-order valence-corrected chi connectivity index (χ2v) is 3.36. The summed E-state index contributed by atoms with van der Waals surface area (Å²) in [6.07, 6.45) is 1.34. The first-order valence-electron chi connectivity index (χ1n) is 3.71. The van der Waals surface area contributed by atoms with E-state index in [-0.39, 0.29) is 17.4 Å². The van der Waals surface area contributed by atoms with Crippen LogP contribution in [0.5, 0.6) is 5.75 Å². The molecule has 0 aliphatic rings. The molecule has 0 unspecified atom stereocenters. The summed E-state index contributed by atoms with van der Waals surface area (Å²) in [6.45, 7) is 1.30. The molecule has 0 aromatic carbocycles. The number of hydrogen-bond donors (Lipinski definition) is 1. The first kappa shape index (κ1) is 11.1. The van der Waals surface area contributed by atoms with E-state index in [1.807, 2.05) is 0 Å². The van der Waals surface area contributed by atoms with E-state index in [1.165, 1.54) is 6.20 Å². The molecule has 14 heavy (non-hydrogen) atoms. The summed E-state index contributed by atoms with van der Waals surface area (Å²) in [7, 11) is 0. The van der Waals surface area contributed by atoms with Gasteiger partial charge in [0.05, 0.1) is 0 Å². The minimum atomic E-state index is -0.680. The van der Waals surface area contributed by atoms with Gasteiger partial charge in [-0.3, -0.25) is 9.59 Å². The summed E-state index contributed by atoms with van der Waals surface area (Å²) in [5.74, 6) is -0.0189. The fourth-order valence-electron chi connectivity index (χ4n) is 0.823. The quantitative estimate of drug-likeness (QED) is 0.808. The Kier molecular flexibility index (Phi) is 3.55. The molecule has 1 N–H and O–H groups in total. The zero-order valence-corrected chi connectivity index (χ0v) is 8.78. The number of halogens is 2. The third-order valence-corrected chi connectivity index (χ3v) is 2.08. The van der Waals surface area contributed by atoms with Crippen LogP contribution in [-0.2, 0) is 4.79 Å². The van der Waals surface area contributed by atoms with E-state index in [9.17, 15) is 9.59 Å². The molecule has 1 aromatic rings. The van der Waals surface area contributed by atoms with Crippen LogP contribution in [0.15, 0.2) is 11.0 Å². The van der Waals surface area contributed by atoms with Crippen molar-refractivity contribution in [3.05, 3.63) is 27.1 Å². The largest absolute Gasteiger partial charge is 0.479 e. The Morgan fingerprint density at radius 1 is 1.64 bits per heavy atom. The molecular formula is C8H7Cl2NO3. The van der Waals surface area contributed by atoms with Gasteiger partial charge in [0.15, 0.2) is 12.4 Å². The fraction of sp³-hybridized carbons (Fsp3) is 0.250. The van der Waals surface area contributed by atoms with Gasteiger partial charge in [0.2, 0.25) is 5.43 Å². The SMILES string of the molecule is Cc1[nH]cc(OCC(=O)Cl)c(=O)c1Cl. The van der Waals surface area contributed by atoms with Crippen molar-refractivity contribution in [2.45, 2.75) is 6.92 Å². The van der Waals surface area contributed by atoms with Gasteiger partial charge in [-0.25, -0.2) is 0 Å². The van der Waals surface area contributed by atoms with Crippen molar-refractivity contribution in [1.82, 2.24) is 4.98 Å². The van der Waals surface area contributed by atoms with Crippen LogP contribution < -0.4 is 10.2 Å². The number of aromatic nitrogens is 1. The molecular weight excluding hydrogens is 229 g/mol. The van der Waals surface area contributed by atoms with Crippen LogP contribution in [-0.4, -0.2) is 16.8 Å². The molecule has 0 aliphatic carbocycles. The average Bonchev–Trinajstić information content (AvgIpc) is 2.13. The molecule has 0 atom stereocenters. The summed E-state index contributed by atoms with van der Waals surface area (Å²) >= 11 is 10.7. The van der Waals surface area contributed by atoms with Crippen molar-refractivity contribution in [3.8, 4) is 5.75 Å². The van der Waals surface area contributed by atoms with Gasteiger partial charge < -0.3 is 9.72 Å². The molecule has 1 rings (SSSR count). The van der Waals surface area contributed by atoms with E-state index in [0.29, 0.717) is 5.69 Å². The zero-order valence-electron chi connectivity index (χ0n) is 7.27. The van der Waals surface area contributed by atoms with Crippen LogP contribution in [0.25, 0.3) is 0 Å². The number of H-pyrrole nitrogens is 1. The second kappa shape index (κ2) is 4.48. The maximum atomic E-state index is 11.4. The number of rotatable bonds is 3. The summed E-state index contributed by atoms with van der Waals surface area (Å²) in [5.41, 5.74) is 0.0852. The normalized spacial score (nSPS) is 9.93. The lowest BCUT2D eigenvalue weighted by molar-refractivity contribution is -0.113.